The number of likely N-dealkylation sites (N-methyl/N-ethyl adjacent to an activating group) is 1. The fourth-order valence-electron chi connectivity index (χ4n) is 2.07. The van der Waals surface area contributed by atoms with E-state index in [0.717, 1.165) is 22.9 Å². The van der Waals surface area contributed by atoms with E-state index < -0.39 is 0 Å². The van der Waals surface area contributed by atoms with E-state index in [1.165, 1.54) is 0 Å². The van der Waals surface area contributed by atoms with E-state index >= 15 is 0 Å². The first kappa shape index (κ1) is 14.8. The largest absolute Gasteiger partial charge is 0.355 e. The number of nitrogens with zero attached hydrogens (tertiary/aromatic N) is 3. The average molecular weight is 295 g/mol. The zero-order valence-electron chi connectivity index (χ0n) is 12.1. The van der Waals surface area contributed by atoms with Crippen molar-refractivity contribution in [2.75, 3.05) is 32.1 Å². The Morgan fingerprint density at radius 3 is 3.05 bits per heavy atom. The lowest BCUT2D eigenvalue weighted by Gasteiger charge is -2.17. The van der Waals surface area contributed by atoms with E-state index in [4.69, 9.17) is 0 Å². The Kier molecular flexibility index (Phi) is 4.97. The van der Waals surface area contributed by atoms with Crippen LogP contribution in [0.5, 0.6) is 0 Å². The molecule has 0 bridgehead atoms. The Morgan fingerprint density at radius 2 is 2.35 bits per heavy atom. The SMILES string of the molecule is CCCNC(=O)CN(C)c1nc2sccn2c1CNC. The van der Waals surface area contributed by atoms with Gasteiger partial charge in [-0.3, -0.25) is 9.20 Å². The normalized spacial score (nSPS) is 10.9. The van der Waals surface area contributed by atoms with Crippen molar-refractivity contribution >= 4 is 28.0 Å². The standard InChI is InChI=1S/C13H21N5OS/c1-4-5-15-11(19)9-17(3)12-10(8-14-2)18-6-7-20-13(18)16-12/h6-7,14H,4-5,8-9H2,1-3H3,(H,15,19). The molecule has 7 heteroatoms. The minimum atomic E-state index is 0.0288. The first-order chi connectivity index (χ1) is 9.67. The van der Waals surface area contributed by atoms with Gasteiger partial charge in [0.15, 0.2) is 10.8 Å². The van der Waals surface area contributed by atoms with Crippen molar-refractivity contribution in [3.8, 4) is 0 Å². The second-order valence-electron chi connectivity index (χ2n) is 4.67. The first-order valence-electron chi connectivity index (χ1n) is 6.74. The summed E-state index contributed by atoms with van der Waals surface area (Å²) in [5.74, 6) is 0.888. The highest BCUT2D eigenvalue weighted by Crippen LogP contribution is 2.23. The van der Waals surface area contributed by atoms with Crippen LogP contribution in [0.3, 0.4) is 0 Å². The second kappa shape index (κ2) is 6.71. The van der Waals surface area contributed by atoms with Crippen LogP contribution in [0.15, 0.2) is 11.6 Å². The summed E-state index contributed by atoms with van der Waals surface area (Å²) in [6.07, 6.45) is 2.95. The van der Waals surface area contributed by atoms with Gasteiger partial charge in [0.2, 0.25) is 5.91 Å². The molecule has 0 atom stereocenters. The number of amides is 1. The highest BCUT2D eigenvalue weighted by molar-refractivity contribution is 7.15. The van der Waals surface area contributed by atoms with Crippen LogP contribution in [0.25, 0.3) is 4.96 Å². The number of hydrogen-bond acceptors (Lipinski definition) is 5. The molecule has 0 aliphatic carbocycles. The molecule has 2 aromatic heterocycles. The number of rotatable bonds is 7. The smallest absolute Gasteiger partial charge is 0.239 e. The van der Waals surface area contributed by atoms with Gasteiger partial charge in [-0.1, -0.05) is 6.92 Å². The van der Waals surface area contributed by atoms with Gasteiger partial charge in [0, 0.05) is 31.7 Å². The lowest BCUT2D eigenvalue weighted by atomic mass is 10.3. The molecule has 0 spiro atoms. The van der Waals surface area contributed by atoms with E-state index in [1.807, 2.05) is 37.5 Å². The van der Waals surface area contributed by atoms with Gasteiger partial charge in [0.1, 0.15) is 0 Å². The highest BCUT2D eigenvalue weighted by atomic mass is 32.1. The molecule has 20 heavy (non-hydrogen) atoms. The lowest BCUT2D eigenvalue weighted by molar-refractivity contribution is -0.119. The number of nitrogens with one attached hydrogen (secondary N) is 2. The van der Waals surface area contributed by atoms with Gasteiger partial charge in [0.05, 0.1) is 12.2 Å². The molecule has 0 saturated heterocycles. The minimum Gasteiger partial charge on any atom is -0.355 e. The van der Waals surface area contributed by atoms with Gasteiger partial charge in [-0.05, 0) is 13.5 Å². The molecule has 0 aliphatic rings. The van der Waals surface area contributed by atoms with Crippen molar-refractivity contribution in [1.82, 2.24) is 20.0 Å². The van der Waals surface area contributed by atoms with Crippen LogP contribution in [0, 0.1) is 0 Å². The maximum atomic E-state index is 11.8. The van der Waals surface area contributed by atoms with E-state index in [1.54, 1.807) is 11.3 Å². The highest BCUT2D eigenvalue weighted by Gasteiger charge is 2.17. The van der Waals surface area contributed by atoms with Crippen molar-refractivity contribution in [2.45, 2.75) is 19.9 Å². The van der Waals surface area contributed by atoms with Gasteiger partial charge in [-0.25, -0.2) is 4.98 Å². The maximum Gasteiger partial charge on any atom is 0.239 e. The fourth-order valence-corrected chi connectivity index (χ4v) is 2.80. The molecule has 110 valence electrons. The van der Waals surface area contributed by atoms with Crippen LogP contribution in [0.4, 0.5) is 5.82 Å². The Hall–Kier alpha value is -1.60. The van der Waals surface area contributed by atoms with Crippen LogP contribution in [0.2, 0.25) is 0 Å². The van der Waals surface area contributed by atoms with Crippen molar-refractivity contribution in [1.29, 1.82) is 0 Å². The maximum absolute atomic E-state index is 11.8. The molecule has 2 rings (SSSR count). The lowest BCUT2D eigenvalue weighted by Crippen LogP contribution is -2.36. The van der Waals surface area contributed by atoms with Crippen molar-refractivity contribution in [3.05, 3.63) is 17.3 Å². The van der Waals surface area contributed by atoms with Crippen molar-refractivity contribution in [2.24, 2.45) is 0 Å². The van der Waals surface area contributed by atoms with Crippen LogP contribution >= 0.6 is 11.3 Å². The van der Waals surface area contributed by atoms with E-state index in [-0.39, 0.29) is 5.91 Å². The molecular formula is C13H21N5OS. The topological polar surface area (TPSA) is 61.7 Å². The van der Waals surface area contributed by atoms with Crippen LogP contribution < -0.4 is 15.5 Å². The summed E-state index contributed by atoms with van der Waals surface area (Å²) in [5.41, 5.74) is 1.08. The van der Waals surface area contributed by atoms with Crippen molar-refractivity contribution in [3.63, 3.8) is 0 Å². The molecule has 0 aromatic carbocycles. The summed E-state index contributed by atoms with van der Waals surface area (Å²) >= 11 is 1.60. The molecule has 1 amide bonds. The zero-order valence-corrected chi connectivity index (χ0v) is 13.0. The summed E-state index contributed by atoms with van der Waals surface area (Å²) in [4.78, 5) is 19.3. The zero-order chi connectivity index (χ0) is 14.5. The molecule has 0 unspecified atom stereocenters. The van der Waals surface area contributed by atoms with Gasteiger partial charge >= 0.3 is 0 Å². The third-order valence-electron chi connectivity index (χ3n) is 3.00. The molecule has 0 aliphatic heterocycles. The predicted molar refractivity (Wildman–Crippen MR) is 82.4 cm³/mol. The van der Waals surface area contributed by atoms with Crippen LogP contribution in [-0.2, 0) is 11.3 Å². The summed E-state index contributed by atoms with van der Waals surface area (Å²) in [6.45, 7) is 3.79. The van der Waals surface area contributed by atoms with Gasteiger partial charge in [-0.15, -0.1) is 11.3 Å². The molecule has 2 N–H and O–H groups in total. The van der Waals surface area contributed by atoms with Crippen LogP contribution in [0.1, 0.15) is 19.0 Å². The molecule has 6 nitrogen and oxygen atoms in total. The average Bonchev–Trinajstić information content (AvgIpc) is 2.99. The summed E-state index contributed by atoms with van der Waals surface area (Å²) in [7, 11) is 3.81. The van der Waals surface area contributed by atoms with E-state index in [0.29, 0.717) is 19.6 Å². The Labute approximate surface area is 122 Å². The number of aromatic nitrogens is 2. The number of anilines is 1. The van der Waals surface area contributed by atoms with Gasteiger partial charge in [0.25, 0.3) is 0 Å². The molecule has 0 fully saturated rings. The Balaban J connectivity index is 2.16. The number of imidazole rings is 1. The first-order valence-corrected chi connectivity index (χ1v) is 7.62. The molecule has 0 saturated carbocycles. The van der Waals surface area contributed by atoms with Gasteiger partial charge < -0.3 is 15.5 Å². The van der Waals surface area contributed by atoms with Crippen LogP contribution in [-0.4, -0.2) is 42.5 Å². The number of thiazole rings is 1. The third kappa shape index (κ3) is 3.10. The fraction of sp³-hybridized carbons (Fsp3) is 0.538. The molecule has 2 aromatic rings. The second-order valence-corrected chi connectivity index (χ2v) is 5.55. The predicted octanol–water partition coefficient (Wildman–Crippen LogP) is 1.08. The quantitative estimate of drug-likeness (QED) is 0.802. The number of hydrogen-bond donors (Lipinski definition) is 2. The third-order valence-corrected chi connectivity index (χ3v) is 3.76. The van der Waals surface area contributed by atoms with Crippen molar-refractivity contribution < 1.29 is 4.79 Å². The van der Waals surface area contributed by atoms with Gasteiger partial charge in [-0.2, -0.15) is 0 Å². The number of carbonyl (C=O) groups excluding carboxylic acids is 1. The number of fused-ring (bicyclic) bond motifs is 1. The summed E-state index contributed by atoms with van der Waals surface area (Å²) in [5, 5.41) is 8.05. The van der Waals surface area contributed by atoms with E-state index in [2.05, 4.69) is 20.0 Å². The molecule has 0 radical (unpaired) electrons. The number of carbonyl (C=O) groups is 1. The van der Waals surface area contributed by atoms with E-state index in [9.17, 15) is 4.79 Å². The molecular weight excluding hydrogens is 274 g/mol. The Bertz CT molecular complexity index is 576. The summed E-state index contributed by atoms with van der Waals surface area (Å²) in [6, 6.07) is 0. The summed E-state index contributed by atoms with van der Waals surface area (Å²) < 4.78 is 2.07. The monoisotopic (exact) mass is 295 g/mol. The molecule has 2 heterocycles. The Morgan fingerprint density at radius 1 is 1.55 bits per heavy atom. The minimum absolute atomic E-state index is 0.0288.